The van der Waals surface area contributed by atoms with Crippen LogP contribution in [-0.4, -0.2) is 50.4 Å². The summed E-state index contributed by atoms with van der Waals surface area (Å²) in [5, 5.41) is 3.32. The van der Waals surface area contributed by atoms with Crippen molar-refractivity contribution in [3.05, 3.63) is 60.8 Å². The largest absolute Gasteiger partial charge is 0.497 e. The van der Waals surface area contributed by atoms with E-state index in [0.29, 0.717) is 0 Å². The van der Waals surface area contributed by atoms with Crippen molar-refractivity contribution in [1.29, 1.82) is 0 Å². The van der Waals surface area contributed by atoms with Crippen LogP contribution in [0.15, 0.2) is 60.8 Å². The molecule has 1 aliphatic rings. The van der Waals surface area contributed by atoms with Gasteiger partial charge in [0.2, 0.25) is 5.95 Å². The van der Waals surface area contributed by atoms with Gasteiger partial charge in [-0.3, -0.25) is 0 Å². The van der Waals surface area contributed by atoms with Gasteiger partial charge in [0.05, 0.1) is 14.2 Å². The van der Waals surface area contributed by atoms with Crippen molar-refractivity contribution in [3.63, 3.8) is 0 Å². The smallest absolute Gasteiger partial charge is 0.227 e. The summed E-state index contributed by atoms with van der Waals surface area (Å²) in [6, 6.07) is 17.8. The number of piperazine rings is 1. The number of benzene rings is 2. The van der Waals surface area contributed by atoms with Crippen molar-refractivity contribution in [2.75, 3.05) is 55.5 Å². The van der Waals surface area contributed by atoms with Crippen LogP contribution in [0.2, 0.25) is 0 Å². The number of anilines is 4. The highest BCUT2D eigenvalue weighted by Gasteiger charge is 2.19. The van der Waals surface area contributed by atoms with Crippen molar-refractivity contribution >= 4 is 23.1 Å². The molecule has 150 valence electrons. The molecular formula is C22H25N5O2. The third-order valence-corrected chi connectivity index (χ3v) is 5.01. The first-order chi connectivity index (χ1) is 14.2. The molecule has 0 aliphatic carbocycles. The predicted molar refractivity (Wildman–Crippen MR) is 116 cm³/mol. The fraction of sp³-hybridized carbons (Fsp3) is 0.273. The van der Waals surface area contributed by atoms with Gasteiger partial charge in [-0.15, -0.1) is 0 Å². The van der Waals surface area contributed by atoms with Crippen LogP contribution in [-0.2, 0) is 0 Å². The molecule has 1 N–H and O–H groups in total. The lowest BCUT2D eigenvalue weighted by Crippen LogP contribution is -2.47. The third kappa shape index (κ3) is 4.51. The summed E-state index contributed by atoms with van der Waals surface area (Å²) in [6.45, 7) is 3.59. The highest BCUT2D eigenvalue weighted by molar-refractivity contribution is 5.58. The lowest BCUT2D eigenvalue weighted by Gasteiger charge is -2.36. The number of hydrogen-bond acceptors (Lipinski definition) is 7. The second-order valence-corrected chi connectivity index (χ2v) is 6.77. The zero-order valence-electron chi connectivity index (χ0n) is 16.7. The fourth-order valence-corrected chi connectivity index (χ4v) is 3.35. The van der Waals surface area contributed by atoms with Gasteiger partial charge in [0.15, 0.2) is 0 Å². The first kappa shape index (κ1) is 18.9. The molecule has 0 atom stereocenters. The topological polar surface area (TPSA) is 62.8 Å². The van der Waals surface area contributed by atoms with E-state index in [2.05, 4.69) is 32.2 Å². The first-order valence-electron chi connectivity index (χ1n) is 9.63. The normalized spacial score (nSPS) is 13.9. The quantitative estimate of drug-likeness (QED) is 0.689. The molecule has 0 unspecified atom stereocenters. The molecule has 0 saturated carbocycles. The number of methoxy groups -OCH3 is 2. The Morgan fingerprint density at radius 3 is 1.97 bits per heavy atom. The van der Waals surface area contributed by atoms with Crippen LogP contribution in [0.4, 0.5) is 23.1 Å². The third-order valence-electron chi connectivity index (χ3n) is 5.01. The molecule has 4 rings (SSSR count). The molecule has 1 saturated heterocycles. The van der Waals surface area contributed by atoms with Gasteiger partial charge in [0, 0.05) is 43.8 Å². The van der Waals surface area contributed by atoms with Gasteiger partial charge in [-0.25, -0.2) is 4.98 Å². The molecule has 0 spiro atoms. The van der Waals surface area contributed by atoms with Crippen molar-refractivity contribution in [2.24, 2.45) is 0 Å². The van der Waals surface area contributed by atoms with Gasteiger partial charge >= 0.3 is 0 Å². The molecular weight excluding hydrogens is 366 g/mol. The fourth-order valence-electron chi connectivity index (χ4n) is 3.35. The second kappa shape index (κ2) is 8.68. The molecule has 7 heteroatoms. The van der Waals surface area contributed by atoms with E-state index in [9.17, 15) is 0 Å². The second-order valence-electron chi connectivity index (χ2n) is 6.77. The van der Waals surface area contributed by atoms with Crippen molar-refractivity contribution in [3.8, 4) is 11.5 Å². The number of nitrogens with one attached hydrogen (secondary N) is 1. The lowest BCUT2D eigenvalue weighted by atomic mass is 10.2. The van der Waals surface area contributed by atoms with Crippen molar-refractivity contribution in [1.82, 2.24) is 9.97 Å². The van der Waals surface area contributed by atoms with E-state index in [-0.39, 0.29) is 0 Å². The number of rotatable bonds is 6. The molecule has 1 fully saturated rings. The highest BCUT2D eigenvalue weighted by atomic mass is 16.5. The Labute approximate surface area is 170 Å². The number of hydrogen-bond donors (Lipinski definition) is 1. The van der Waals surface area contributed by atoms with E-state index in [4.69, 9.17) is 14.5 Å². The molecule has 0 amide bonds. The molecule has 2 heterocycles. The zero-order chi connectivity index (χ0) is 20.1. The van der Waals surface area contributed by atoms with E-state index >= 15 is 0 Å². The zero-order valence-corrected chi connectivity index (χ0v) is 16.7. The van der Waals surface area contributed by atoms with Crippen LogP contribution in [0.5, 0.6) is 11.5 Å². The average Bonchev–Trinajstić information content (AvgIpc) is 2.80. The lowest BCUT2D eigenvalue weighted by molar-refractivity contribution is 0.414. The SMILES string of the molecule is COc1ccc(Nc2ccnc(N3CCN(c4ccc(OC)cc4)CC3)n2)cc1. The Bertz CT molecular complexity index is 923. The Morgan fingerprint density at radius 2 is 1.34 bits per heavy atom. The maximum absolute atomic E-state index is 5.24. The highest BCUT2D eigenvalue weighted by Crippen LogP contribution is 2.23. The van der Waals surface area contributed by atoms with Crippen LogP contribution in [0.25, 0.3) is 0 Å². The van der Waals surface area contributed by atoms with Crippen molar-refractivity contribution in [2.45, 2.75) is 0 Å². The molecule has 1 aromatic heterocycles. The molecule has 0 bridgehead atoms. The average molecular weight is 391 g/mol. The van der Waals surface area contributed by atoms with Crippen LogP contribution in [0.3, 0.4) is 0 Å². The summed E-state index contributed by atoms with van der Waals surface area (Å²) in [5.74, 6) is 3.23. The van der Waals surface area contributed by atoms with Gasteiger partial charge in [-0.1, -0.05) is 0 Å². The Balaban J connectivity index is 1.38. The molecule has 7 nitrogen and oxygen atoms in total. The molecule has 1 aliphatic heterocycles. The van der Waals surface area contributed by atoms with Gasteiger partial charge in [0.1, 0.15) is 17.3 Å². The molecule has 29 heavy (non-hydrogen) atoms. The number of nitrogens with zero attached hydrogens (tertiary/aromatic N) is 4. The molecule has 0 radical (unpaired) electrons. The van der Waals surface area contributed by atoms with Crippen molar-refractivity contribution < 1.29 is 9.47 Å². The number of aromatic nitrogens is 2. The van der Waals surface area contributed by atoms with Crippen LogP contribution < -0.4 is 24.6 Å². The summed E-state index contributed by atoms with van der Waals surface area (Å²) in [6.07, 6.45) is 1.80. The van der Waals surface area contributed by atoms with Gasteiger partial charge in [-0.2, -0.15) is 4.98 Å². The Kier molecular flexibility index (Phi) is 5.65. The minimum Gasteiger partial charge on any atom is -0.497 e. The van der Waals surface area contributed by atoms with E-state index in [1.54, 1.807) is 20.4 Å². The van der Waals surface area contributed by atoms with E-state index in [1.165, 1.54) is 5.69 Å². The minimum atomic E-state index is 0.748. The summed E-state index contributed by atoms with van der Waals surface area (Å²) >= 11 is 0. The standard InChI is InChI=1S/C22H25N5O2/c1-28-19-7-3-17(4-8-19)24-21-11-12-23-22(25-21)27-15-13-26(14-16-27)18-5-9-20(29-2)10-6-18/h3-12H,13-16H2,1-2H3,(H,23,24,25). The maximum atomic E-state index is 5.24. The number of ether oxygens (including phenoxy) is 2. The van der Waals surface area contributed by atoms with Gasteiger partial charge < -0.3 is 24.6 Å². The molecule has 2 aromatic carbocycles. The van der Waals surface area contributed by atoms with Crippen LogP contribution >= 0.6 is 0 Å². The van der Waals surface area contributed by atoms with E-state index < -0.39 is 0 Å². The van der Waals surface area contributed by atoms with E-state index in [0.717, 1.165) is 55.1 Å². The van der Waals surface area contributed by atoms with Gasteiger partial charge in [0.25, 0.3) is 0 Å². The van der Waals surface area contributed by atoms with Crippen LogP contribution in [0.1, 0.15) is 0 Å². The minimum absolute atomic E-state index is 0.748. The van der Waals surface area contributed by atoms with Gasteiger partial charge in [-0.05, 0) is 54.6 Å². The van der Waals surface area contributed by atoms with Crippen LogP contribution in [0, 0.1) is 0 Å². The summed E-state index contributed by atoms with van der Waals surface area (Å²) in [7, 11) is 3.35. The summed E-state index contributed by atoms with van der Waals surface area (Å²) in [4.78, 5) is 13.8. The Morgan fingerprint density at radius 1 is 0.759 bits per heavy atom. The molecule has 3 aromatic rings. The predicted octanol–water partition coefficient (Wildman–Crippen LogP) is 3.56. The summed E-state index contributed by atoms with van der Waals surface area (Å²) < 4.78 is 10.4. The maximum Gasteiger partial charge on any atom is 0.227 e. The van der Waals surface area contributed by atoms with E-state index in [1.807, 2.05) is 42.5 Å². The Hall–Kier alpha value is -3.48. The summed E-state index contributed by atoms with van der Waals surface area (Å²) in [5.41, 5.74) is 2.17. The monoisotopic (exact) mass is 391 g/mol. The first-order valence-corrected chi connectivity index (χ1v) is 9.63.